The van der Waals surface area contributed by atoms with Gasteiger partial charge in [0.15, 0.2) is 6.29 Å². The van der Waals surface area contributed by atoms with Crippen LogP contribution in [0.5, 0.6) is 0 Å². The van der Waals surface area contributed by atoms with E-state index in [0.29, 0.717) is 23.9 Å². The number of nitrogens with zero attached hydrogens (tertiary/aromatic N) is 1. The molecule has 3 saturated carbocycles. The van der Waals surface area contributed by atoms with Crippen molar-refractivity contribution >= 4 is 5.71 Å². The number of allylic oxidation sites excluding steroid dienone is 3. The van der Waals surface area contributed by atoms with Crippen LogP contribution in [0.4, 0.5) is 0 Å². The van der Waals surface area contributed by atoms with Crippen LogP contribution in [0.15, 0.2) is 28.5 Å². The molecular formula is C26H39NO3. The Morgan fingerprint density at radius 1 is 1.07 bits per heavy atom. The van der Waals surface area contributed by atoms with E-state index in [1.165, 1.54) is 38.5 Å². The normalized spacial score (nSPS) is 46.4. The molecule has 166 valence electrons. The molecule has 1 heterocycles. The molecule has 5 rings (SSSR count). The molecule has 1 saturated heterocycles. The lowest BCUT2D eigenvalue weighted by Gasteiger charge is -2.55. The molecule has 4 heteroatoms. The van der Waals surface area contributed by atoms with Crippen LogP contribution in [0, 0.1) is 28.6 Å². The highest BCUT2D eigenvalue weighted by atomic mass is 16.7. The van der Waals surface area contributed by atoms with Crippen molar-refractivity contribution in [2.75, 3.05) is 6.61 Å². The summed E-state index contributed by atoms with van der Waals surface area (Å²) in [4.78, 5) is 0. The van der Waals surface area contributed by atoms with E-state index in [1.807, 2.05) is 6.92 Å². The van der Waals surface area contributed by atoms with E-state index in [1.54, 1.807) is 11.1 Å². The average Bonchev–Trinajstić information content (AvgIpc) is 3.11. The van der Waals surface area contributed by atoms with Gasteiger partial charge < -0.3 is 14.7 Å². The van der Waals surface area contributed by atoms with E-state index in [-0.39, 0.29) is 17.1 Å². The highest BCUT2D eigenvalue weighted by Crippen LogP contribution is 2.65. The molecule has 0 spiro atoms. The second-order valence-electron chi connectivity index (χ2n) is 11.1. The van der Waals surface area contributed by atoms with Gasteiger partial charge in [0.25, 0.3) is 0 Å². The smallest absolute Gasteiger partial charge is 0.157 e. The Bertz CT molecular complexity index is 764. The fourth-order valence-corrected chi connectivity index (χ4v) is 7.88. The van der Waals surface area contributed by atoms with Crippen LogP contribution in [0.3, 0.4) is 0 Å². The van der Waals surface area contributed by atoms with Crippen molar-refractivity contribution < 1.29 is 14.7 Å². The summed E-state index contributed by atoms with van der Waals surface area (Å²) < 4.78 is 12.2. The number of rotatable bonds is 3. The van der Waals surface area contributed by atoms with Crippen molar-refractivity contribution in [1.82, 2.24) is 0 Å². The predicted octanol–water partition coefficient (Wildman–Crippen LogP) is 6.25. The lowest BCUT2D eigenvalue weighted by Crippen LogP contribution is -2.47. The highest BCUT2D eigenvalue weighted by molar-refractivity contribution is 5.85. The second-order valence-corrected chi connectivity index (χ2v) is 11.1. The van der Waals surface area contributed by atoms with E-state index < -0.39 is 0 Å². The quantitative estimate of drug-likeness (QED) is 0.338. The standard InChI is InChI=1S/C26H39NO3/c1-17(27-28)21-9-10-22-20-8-7-18-16-19(30-24-6-4-5-15-29-24)11-13-25(18,2)23(20)12-14-26(21,22)3/h7-8,19,21-24,28H,4-6,9-16H2,1-3H3/t19?,21-,22+,23+,24?,25+,26-/m1/s1. The van der Waals surface area contributed by atoms with Gasteiger partial charge in [0.2, 0.25) is 0 Å². The number of hydrogen-bond donors (Lipinski definition) is 1. The molecule has 5 aliphatic rings. The zero-order chi connectivity index (χ0) is 20.9. The summed E-state index contributed by atoms with van der Waals surface area (Å²) in [7, 11) is 0. The maximum atomic E-state index is 9.41. The maximum absolute atomic E-state index is 9.41. The SMILES string of the molecule is CC(=NO)[C@H]1CC[C@H]2C3=CC=C4CC(OC5CCCCO5)CC[C@]4(C)[C@H]3CC[C@]12C. The van der Waals surface area contributed by atoms with Crippen LogP contribution in [-0.4, -0.2) is 29.9 Å². The van der Waals surface area contributed by atoms with Gasteiger partial charge in [0.1, 0.15) is 0 Å². The van der Waals surface area contributed by atoms with Gasteiger partial charge in [0, 0.05) is 12.5 Å². The highest BCUT2D eigenvalue weighted by Gasteiger charge is 2.57. The molecule has 1 N–H and O–H groups in total. The van der Waals surface area contributed by atoms with Crippen molar-refractivity contribution in [2.45, 2.75) is 97.4 Å². The first-order valence-electron chi connectivity index (χ1n) is 12.3. The predicted molar refractivity (Wildman–Crippen MR) is 119 cm³/mol. The largest absolute Gasteiger partial charge is 0.411 e. The van der Waals surface area contributed by atoms with Gasteiger partial charge >= 0.3 is 0 Å². The Morgan fingerprint density at radius 2 is 1.93 bits per heavy atom. The average molecular weight is 414 g/mol. The molecule has 30 heavy (non-hydrogen) atoms. The van der Waals surface area contributed by atoms with Crippen molar-refractivity contribution in [3.8, 4) is 0 Å². The minimum absolute atomic E-state index is 0.0191. The minimum Gasteiger partial charge on any atom is -0.411 e. The summed E-state index contributed by atoms with van der Waals surface area (Å²) in [6.45, 7) is 7.85. The molecular weight excluding hydrogens is 374 g/mol. The number of hydrogen-bond acceptors (Lipinski definition) is 4. The molecule has 4 aliphatic carbocycles. The Balaban J connectivity index is 1.36. The molecule has 4 fully saturated rings. The molecule has 0 aromatic rings. The molecule has 0 aromatic heterocycles. The minimum atomic E-state index is 0.0191. The third kappa shape index (κ3) is 3.21. The Hall–Kier alpha value is -1.13. The zero-order valence-electron chi connectivity index (χ0n) is 19.0. The first-order chi connectivity index (χ1) is 14.5. The van der Waals surface area contributed by atoms with E-state index in [9.17, 15) is 5.21 Å². The molecule has 1 aliphatic heterocycles. The van der Waals surface area contributed by atoms with Crippen LogP contribution in [0.2, 0.25) is 0 Å². The number of fused-ring (bicyclic) bond motifs is 5. The molecule has 7 atom stereocenters. The van der Waals surface area contributed by atoms with E-state index in [2.05, 4.69) is 31.2 Å². The van der Waals surface area contributed by atoms with E-state index in [4.69, 9.17) is 9.47 Å². The van der Waals surface area contributed by atoms with Gasteiger partial charge in [-0.3, -0.25) is 0 Å². The maximum Gasteiger partial charge on any atom is 0.157 e. The van der Waals surface area contributed by atoms with Crippen LogP contribution in [-0.2, 0) is 9.47 Å². The molecule has 0 bridgehead atoms. The van der Waals surface area contributed by atoms with Gasteiger partial charge in [-0.25, -0.2) is 0 Å². The summed E-state index contributed by atoms with van der Waals surface area (Å²) in [6.07, 6.45) is 17.1. The third-order valence-corrected chi connectivity index (χ3v) is 9.67. The van der Waals surface area contributed by atoms with Crippen LogP contribution in [0.1, 0.15) is 85.0 Å². The van der Waals surface area contributed by atoms with Crippen molar-refractivity contribution in [2.24, 2.45) is 33.7 Å². The monoisotopic (exact) mass is 413 g/mol. The van der Waals surface area contributed by atoms with Gasteiger partial charge in [-0.05, 0) is 93.8 Å². The van der Waals surface area contributed by atoms with E-state index in [0.717, 1.165) is 38.0 Å². The second kappa shape index (κ2) is 7.78. The molecule has 2 unspecified atom stereocenters. The van der Waals surface area contributed by atoms with Crippen LogP contribution in [0.25, 0.3) is 0 Å². The lowest BCUT2D eigenvalue weighted by molar-refractivity contribution is -0.193. The first kappa shape index (κ1) is 20.8. The number of oxime groups is 1. The molecule has 4 nitrogen and oxygen atoms in total. The van der Waals surface area contributed by atoms with Crippen LogP contribution < -0.4 is 0 Å². The zero-order valence-corrected chi connectivity index (χ0v) is 19.0. The first-order valence-corrected chi connectivity index (χ1v) is 12.3. The molecule has 0 amide bonds. The van der Waals surface area contributed by atoms with E-state index >= 15 is 0 Å². The summed E-state index contributed by atoms with van der Waals surface area (Å²) in [6, 6.07) is 0. The van der Waals surface area contributed by atoms with Crippen molar-refractivity contribution in [3.63, 3.8) is 0 Å². The lowest BCUT2D eigenvalue weighted by atomic mass is 9.50. The summed E-state index contributed by atoms with van der Waals surface area (Å²) in [5, 5.41) is 13.0. The Kier molecular flexibility index (Phi) is 5.38. The topological polar surface area (TPSA) is 51.1 Å². The molecule has 0 aromatic carbocycles. The molecule has 0 radical (unpaired) electrons. The van der Waals surface area contributed by atoms with Crippen molar-refractivity contribution in [1.29, 1.82) is 0 Å². The Labute approximate surface area is 181 Å². The number of ether oxygens (including phenoxy) is 2. The Morgan fingerprint density at radius 3 is 2.70 bits per heavy atom. The van der Waals surface area contributed by atoms with Gasteiger partial charge in [0.05, 0.1) is 11.8 Å². The summed E-state index contributed by atoms with van der Waals surface area (Å²) in [5.41, 5.74) is 4.77. The fraction of sp³-hybridized carbons (Fsp3) is 0.808. The van der Waals surface area contributed by atoms with Crippen LogP contribution >= 0.6 is 0 Å². The van der Waals surface area contributed by atoms with Gasteiger partial charge in [-0.2, -0.15) is 0 Å². The van der Waals surface area contributed by atoms with Crippen molar-refractivity contribution in [3.05, 3.63) is 23.3 Å². The van der Waals surface area contributed by atoms with Gasteiger partial charge in [-0.1, -0.05) is 42.3 Å². The fourth-order valence-electron chi connectivity index (χ4n) is 7.88. The summed E-state index contributed by atoms with van der Waals surface area (Å²) in [5.74, 6) is 1.73. The van der Waals surface area contributed by atoms with Gasteiger partial charge in [-0.15, -0.1) is 0 Å². The summed E-state index contributed by atoms with van der Waals surface area (Å²) >= 11 is 0. The third-order valence-electron chi connectivity index (χ3n) is 9.67.